The molecule has 0 saturated carbocycles. The Labute approximate surface area is 241 Å². The molecular weight excluding hydrogens is 574 g/mol. The zero-order chi connectivity index (χ0) is 27.5. The fourth-order valence-electron chi connectivity index (χ4n) is 3.85. The van der Waals surface area contributed by atoms with Crippen molar-refractivity contribution in [1.29, 1.82) is 0 Å². The van der Waals surface area contributed by atoms with Crippen LogP contribution in [0.1, 0.15) is 120 Å². The fourth-order valence-corrected chi connectivity index (χ4v) is 11.6. The van der Waals surface area contributed by atoms with Crippen LogP contribution in [0.25, 0.3) is 0 Å². The minimum Gasteiger partial charge on any atom is -0.281 e. The minimum absolute atomic E-state index is 0. The van der Waals surface area contributed by atoms with Gasteiger partial charge in [-0.1, -0.05) is 120 Å². The van der Waals surface area contributed by atoms with Gasteiger partial charge in [-0.05, 0) is 55.5 Å². The molecule has 0 unspecified atom stereocenters. The van der Waals surface area contributed by atoms with Gasteiger partial charge in [0.1, 0.15) is 0 Å². The number of hydrogen-bond donors (Lipinski definition) is 0. The molecule has 0 atom stereocenters. The third-order valence-electron chi connectivity index (χ3n) is 4.86. The van der Waals surface area contributed by atoms with Crippen molar-refractivity contribution in [2.45, 2.75) is 120 Å². The van der Waals surface area contributed by atoms with Crippen molar-refractivity contribution in [2.24, 2.45) is 0 Å². The number of rotatable bonds is 18. The van der Waals surface area contributed by atoms with Gasteiger partial charge in [-0.25, -0.2) is 0 Å². The Morgan fingerprint density at radius 2 is 0.400 bits per heavy atom. The van der Waals surface area contributed by atoms with E-state index in [0.717, 1.165) is 0 Å². The van der Waals surface area contributed by atoms with Crippen molar-refractivity contribution < 1.29 is 29.1 Å². The van der Waals surface area contributed by atoms with Gasteiger partial charge in [0.05, 0.1) is 0 Å². The van der Waals surface area contributed by atoms with Crippen molar-refractivity contribution in [3.05, 3.63) is 0 Å². The Hall–Kier alpha value is 1.25. The second kappa shape index (κ2) is 51.8. The molecule has 0 aromatic heterocycles. The first-order valence-corrected chi connectivity index (χ1v) is 19.8. The van der Waals surface area contributed by atoms with Crippen LogP contribution in [0.15, 0.2) is 0 Å². The van der Waals surface area contributed by atoms with Gasteiger partial charge >= 0.3 is 0 Å². The van der Waals surface area contributed by atoms with Crippen LogP contribution in [-0.2, 0) is 29.1 Å². The van der Waals surface area contributed by atoms with Crippen LogP contribution < -0.4 is 0 Å². The quantitative estimate of drug-likeness (QED) is 0.111. The van der Waals surface area contributed by atoms with Gasteiger partial charge in [0.2, 0.25) is 0 Å². The summed E-state index contributed by atoms with van der Waals surface area (Å²) in [4.78, 5) is 15.0. The SMILES string of the molecule is CCCP(CCC)CCC.CCCP(CCC)CCC.CCCP(CCC)CCC.[C]=O.[C]=O.[Ru]. The molecule has 0 aromatic rings. The summed E-state index contributed by atoms with van der Waals surface area (Å²) in [6, 6.07) is 0. The van der Waals surface area contributed by atoms with E-state index < -0.39 is 0 Å². The maximum Gasteiger partial charge on any atom is 0.281 e. The first-order chi connectivity index (χ1) is 16.5. The zero-order valence-corrected chi connectivity index (χ0v) is 29.7. The molecule has 0 N–H and O–H groups in total. The Morgan fingerprint density at radius 3 is 0.457 bits per heavy atom. The van der Waals surface area contributed by atoms with Gasteiger partial charge < -0.3 is 0 Å². The predicted molar refractivity (Wildman–Crippen MR) is 169 cm³/mol. The third-order valence-corrected chi connectivity index (χ3v) is 14.6. The van der Waals surface area contributed by atoms with Gasteiger partial charge in [-0.2, -0.15) is 0 Å². The topological polar surface area (TPSA) is 34.1 Å². The third kappa shape index (κ3) is 48.8. The Bertz CT molecular complexity index is 226. The van der Waals surface area contributed by atoms with E-state index in [1.807, 2.05) is 0 Å². The van der Waals surface area contributed by atoms with E-state index in [1.165, 1.54) is 113 Å². The van der Waals surface area contributed by atoms with E-state index in [1.54, 1.807) is 0 Å². The minimum atomic E-state index is 0. The number of carbonyl (C=O) groups excluding carboxylic acids is 2. The van der Waals surface area contributed by atoms with Gasteiger partial charge in [0, 0.05) is 19.5 Å². The molecule has 35 heavy (non-hydrogen) atoms. The molecule has 0 fully saturated rings. The molecule has 0 aliphatic rings. The van der Waals surface area contributed by atoms with Crippen molar-refractivity contribution in [2.75, 3.05) is 55.5 Å². The molecule has 6 heteroatoms. The molecule has 4 radical (unpaired) electrons. The van der Waals surface area contributed by atoms with Crippen molar-refractivity contribution in [3.8, 4) is 0 Å². The largest absolute Gasteiger partial charge is 0.281 e. The zero-order valence-electron chi connectivity index (χ0n) is 25.2. The van der Waals surface area contributed by atoms with Crippen molar-refractivity contribution >= 4 is 37.3 Å². The molecule has 0 heterocycles. The monoisotopic (exact) mass is 638 g/mol. The maximum atomic E-state index is 7.50. The molecule has 0 amide bonds. The van der Waals surface area contributed by atoms with Gasteiger partial charge in [-0.3, -0.25) is 9.59 Å². The Morgan fingerprint density at radius 1 is 0.314 bits per heavy atom. The van der Waals surface area contributed by atoms with E-state index in [-0.39, 0.29) is 19.5 Å². The fraction of sp³-hybridized carbons (Fsp3) is 0.931. The molecule has 0 spiro atoms. The number of hydrogen-bond acceptors (Lipinski definition) is 2. The summed E-state index contributed by atoms with van der Waals surface area (Å²) in [5.74, 6) is 0. The summed E-state index contributed by atoms with van der Waals surface area (Å²) < 4.78 is 0. The Balaban J connectivity index is -0.0000000827. The molecule has 0 bridgehead atoms. The van der Waals surface area contributed by atoms with Gasteiger partial charge in [0.25, 0.3) is 13.6 Å². The predicted octanol–water partition coefficient (Wildman–Crippen LogP) is 10.3. The summed E-state index contributed by atoms with van der Waals surface area (Å²) in [5.41, 5.74) is 0. The molecule has 214 valence electrons. The standard InChI is InChI=1S/3C9H21P.2CO.Ru/c3*1-4-7-10(8-5-2)9-6-3;2*1-2;/h3*4-9H2,1-3H3;;;. The molecule has 0 aliphatic carbocycles. The van der Waals surface area contributed by atoms with Gasteiger partial charge in [0.15, 0.2) is 0 Å². The smallest absolute Gasteiger partial charge is 0.281 e. The van der Waals surface area contributed by atoms with E-state index in [0.29, 0.717) is 23.8 Å². The molecule has 2 nitrogen and oxygen atoms in total. The molecule has 0 aromatic carbocycles. The summed E-state index contributed by atoms with van der Waals surface area (Å²) in [5, 5.41) is 0. The van der Waals surface area contributed by atoms with E-state index in [4.69, 9.17) is 9.59 Å². The van der Waals surface area contributed by atoms with Crippen LogP contribution >= 0.6 is 23.8 Å². The first-order valence-electron chi connectivity index (χ1n) is 14.1. The molecular formula is C29H63O2P3Ru. The van der Waals surface area contributed by atoms with E-state index >= 15 is 0 Å². The van der Waals surface area contributed by atoms with Crippen LogP contribution in [0.5, 0.6) is 0 Å². The second-order valence-electron chi connectivity index (χ2n) is 8.52. The average Bonchev–Trinajstić information content (AvgIpc) is 2.84. The van der Waals surface area contributed by atoms with Crippen LogP contribution in [0.2, 0.25) is 0 Å². The summed E-state index contributed by atoms with van der Waals surface area (Å²) >= 11 is 0. The summed E-state index contributed by atoms with van der Waals surface area (Å²) in [6.45, 7) is 29.8. The van der Waals surface area contributed by atoms with Crippen molar-refractivity contribution in [1.82, 2.24) is 0 Å². The Kier molecular flexibility index (Phi) is 72.9. The maximum absolute atomic E-state index is 7.50. The van der Waals surface area contributed by atoms with E-state index in [9.17, 15) is 0 Å². The second-order valence-corrected chi connectivity index (χ2v) is 16.6. The van der Waals surface area contributed by atoms with Gasteiger partial charge in [-0.15, -0.1) is 23.8 Å². The van der Waals surface area contributed by atoms with Crippen LogP contribution in [-0.4, -0.2) is 69.0 Å². The van der Waals surface area contributed by atoms with Crippen LogP contribution in [0, 0.1) is 0 Å². The average molecular weight is 638 g/mol. The normalized spacial score (nSPS) is 9.49. The van der Waals surface area contributed by atoms with Crippen LogP contribution in [0.4, 0.5) is 0 Å². The summed E-state index contributed by atoms with van der Waals surface area (Å²) in [6.07, 6.45) is 26.1. The van der Waals surface area contributed by atoms with Crippen molar-refractivity contribution in [3.63, 3.8) is 0 Å². The van der Waals surface area contributed by atoms with Crippen LogP contribution in [0.3, 0.4) is 0 Å². The molecule has 0 rings (SSSR count). The summed E-state index contributed by atoms with van der Waals surface area (Å²) in [7, 11) is 1.32. The molecule has 0 aliphatic heterocycles. The first kappa shape index (κ1) is 49.2. The molecule has 0 saturated heterocycles. The van der Waals surface area contributed by atoms with E-state index in [2.05, 4.69) is 75.9 Å².